The van der Waals surface area contributed by atoms with E-state index in [1.54, 1.807) is 21.3 Å². The highest BCUT2D eigenvalue weighted by molar-refractivity contribution is 5.50. The van der Waals surface area contributed by atoms with Crippen LogP contribution in [0, 0.1) is 0 Å². The molecule has 0 spiro atoms. The van der Waals surface area contributed by atoms with Gasteiger partial charge >= 0.3 is 0 Å². The summed E-state index contributed by atoms with van der Waals surface area (Å²) in [6.07, 6.45) is 0.764. The standard InChI is InChI=1S/C11H18N2O3/c1-14-9-7-11(16-3)10(15-2)6-8(9)4-5-13-12/h6-7,13H,4-5,12H2,1-3H3. The van der Waals surface area contributed by atoms with Crippen LogP contribution in [0.2, 0.25) is 0 Å². The maximum absolute atomic E-state index is 5.28. The number of methoxy groups -OCH3 is 3. The van der Waals surface area contributed by atoms with Gasteiger partial charge in [-0.25, -0.2) is 0 Å². The Morgan fingerprint density at radius 3 is 2.06 bits per heavy atom. The minimum absolute atomic E-state index is 0.656. The van der Waals surface area contributed by atoms with Crippen molar-refractivity contribution in [1.82, 2.24) is 5.43 Å². The molecule has 0 aromatic heterocycles. The van der Waals surface area contributed by atoms with Crippen molar-refractivity contribution in [3.63, 3.8) is 0 Å². The molecule has 0 radical (unpaired) electrons. The van der Waals surface area contributed by atoms with Crippen LogP contribution in [0.1, 0.15) is 5.56 Å². The van der Waals surface area contributed by atoms with Crippen molar-refractivity contribution in [3.8, 4) is 17.2 Å². The lowest BCUT2D eigenvalue weighted by atomic mass is 10.1. The average Bonchev–Trinajstić information content (AvgIpc) is 2.35. The summed E-state index contributed by atoms with van der Waals surface area (Å²) in [6, 6.07) is 3.71. The summed E-state index contributed by atoms with van der Waals surface area (Å²) in [5.74, 6) is 7.37. The number of rotatable bonds is 6. The molecule has 1 aromatic rings. The van der Waals surface area contributed by atoms with Gasteiger partial charge in [0.05, 0.1) is 21.3 Å². The molecule has 3 N–H and O–H groups in total. The van der Waals surface area contributed by atoms with Crippen molar-refractivity contribution >= 4 is 0 Å². The molecule has 0 amide bonds. The van der Waals surface area contributed by atoms with Gasteiger partial charge in [-0.1, -0.05) is 0 Å². The minimum atomic E-state index is 0.656. The molecule has 0 heterocycles. The summed E-state index contributed by atoms with van der Waals surface area (Å²) in [7, 11) is 4.83. The van der Waals surface area contributed by atoms with Crippen LogP contribution in [-0.4, -0.2) is 27.9 Å². The van der Waals surface area contributed by atoms with Crippen LogP contribution in [-0.2, 0) is 6.42 Å². The molecular formula is C11H18N2O3. The SMILES string of the molecule is COc1cc(OC)c(OC)cc1CCNN. The van der Waals surface area contributed by atoms with Gasteiger partial charge in [0.25, 0.3) is 0 Å². The lowest BCUT2D eigenvalue weighted by Gasteiger charge is -2.13. The van der Waals surface area contributed by atoms with Gasteiger partial charge in [-0.3, -0.25) is 11.3 Å². The number of ether oxygens (including phenoxy) is 3. The smallest absolute Gasteiger partial charge is 0.164 e. The molecule has 0 saturated carbocycles. The highest BCUT2D eigenvalue weighted by Gasteiger charge is 2.11. The topological polar surface area (TPSA) is 65.7 Å². The highest BCUT2D eigenvalue weighted by atomic mass is 16.5. The van der Waals surface area contributed by atoms with Gasteiger partial charge in [0, 0.05) is 12.6 Å². The van der Waals surface area contributed by atoms with E-state index < -0.39 is 0 Å². The molecule has 0 saturated heterocycles. The molecule has 1 aromatic carbocycles. The summed E-state index contributed by atoms with van der Waals surface area (Å²) >= 11 is 0. The minimum Gasteiger partial charge on any atom is -0.496 e. The Bertz CT molecular complexity index is 342. The monoisotopic (exact) mass is 226 g/mol. The number of nitrogens with one attached hydrogen (secondary N) is 1. The third-order valence-electron chi connectivity index (χ3n) is 2.33. The van der Waals surface area contributed by atoms with Crippen LogP contribution in [0.3, 0.4) is 0 Å². The van der Waals surface area contributed by atoms with E-state index in [0.717, 1.165) is 17.7 Å². The van der Waals surface area contributed by atoms with Crippen LogP contribution in [0.25, 0.3) is 0 Å². The normalized spacial score (nSPS) is 10.0. The quantitative estimate of drug-likeness (QED) is 0.552. The number of nitrogens with two attached hydrogens (primary N) is 1. The lowest BCUT2D eigenvalue weighted by Crippen LogP contribution is -2.24. The number of hydrogen-bond donors (Lipinski definition) is 2. The zero-order valence-corrected chi connectivity index (χ0v) is 9.87. The molecule has 0 aliphatic heterocycles. The molecule has 0 bridgehead atoms. The molecule has 16 heavy (non-hydrogen) atoms. The van der Waals surface area contributed by atoms with Gasteiger partial charge in [0.2, 0.25) is 0 Å². The van der Waals surface area contributed by atoms with Crippen molar-refractivity contribution in [2.75, 3.05) is 27.9 Å². The second-order valence-electron chi connectivity index (χ2n) is 3.22. The fraction of sp³-hybridized carbons (Fsp3) is 0.455. The molecule has 0 unspecified atom stereocenters. The van der Waals surface area contributed by atoms with Crippen LogP contribution in [0.15, 0.2) is 12.1 Å². The second-order valence-corrected chi connectivity index (χ2v) is 3.22. The van der Waals surface area contributed by atoms with Gasteiger partial charge in [-0.05, 0) is 18.1 Å². The summed E-state index contributed by atoms with van der Waals surface area (Å²) in [6.45, 7) is 0.672. The summed E-state index contributed by atoms with van der Waals surface area (Å²) in [5.41, 5.74) is 3.63. The predicted octanol–water partition coefficient (Wildman–Crippen LogP) is 0.718. The first-order valence-corrected chi connectivity index (χ1v) is 4.99. The van der Waals surface area contributed by atoms with Gasteiger partial charge in [-0.15, -0.1) is 0 Å². The number of hydrazine groups is 1. The summed E-state index contributed by atoms with van der Waals surface area (Å²) < 4.78 is 15.7. The zero-order chi connectivity index (χ0) is 12.0. The Balaban J connectivity index is 3.05. The molecule has 90 valence electrons. The fourth-order valence-electron chi connectivity index (χ4n) is 1.49. The first-order chi connectivity index (χ1) is 7.76. The summed E-state index contributed by atoms with van der Waals surface area (Å²) in [4.78, 5) is 0. The Kier molecular flexibility index (Phi) is 4.88. The predicted molar refractivity (Wildman–Crippen MR) is 62.0 cm³/mol. The van der Waals surface area contributed by atoms with Crippen LogP contribution >= 0.6 is 0 Å². The van der Waals surface area contributed by atoms with Crippen LogP contribution < -0.4 is 25.5 Å². The second kappa shape index (κ2) is 6.19. The molecule has 0 atom stereocenters. The van der Waals surface area contributed by atoms with Crippen LogP contribution in [0.5, 0.6) is 17.2 Å². The van der Waals surface area contributed by atoms with Crippen molar-refractivity contribution in [1.29, 1.82) is 0 Å². The van der Waals surface area contributed by atoms with Gasteiger partial charge in [-0.2, -0.15) is 0 Å². The van der Waals surface area contributed by atoms with E-state index in [9.17, 15) is 0 Å². The maximum Gasteiger partial charge on any atom is 0.164 e. The number of hydrogen-bond acceptors (Lipinski definition) is 5. The maximum atomic E-state index is 5.28. The Morgan fingerprint density at radius 1 is 1.00 bits per heavy atom. The molecule has 0 aliphatic carbocycles. The Labute approximate surface area is 95.5 Å². The zero-order valence-electron chi connectivity index (χ0n) is 9.87. The van der Waals surface area contributed by atoms with E-state index in [2.05, 4.69) is 5.43 Å². The highest BCUT2D eigenvalue weighted by Crippen LogP contribution is 2.34. The summed E-state index contributed by atoms with van der Waals surface area (Å²) in [5, 5.41) is 0. The third-order valence-corrected chi connectivity index (χ3v) is 2.33. The van der Waals surface area contributed by atoms with Crippen LogP contribution in [0.4, 0.5) is 0 Å². The van der Waals surface area contributed by atoms with E-state index in [-0.39, 0.29) is 0 Å². The van der Waals surface area contributed by atoms with Crippen molar-refractivity contribution in [3.05, 3.63) is 17.7 Å². The fourth-order valence-corrected chi connectivity index (χ4v) is 1.49. The van der Waals surface area contributed by atoms with E-state index in [1.165, 1.54) is 0 Å². The number of benzene rings is 1. The van der Waals surface area contributed by atoms with Crippen molar-refractivity contribution in [2.24, 2.45) is 5.84 Å². The van der Waals surface area contributed by atoms with Gasteiger partial charge in [0.15, 0.2) is 11.5 Å². The molecule has 1 rings (SSSR count). The van der Waals surface area contributed by atoms with E-state index >= 15 is 0 Å². The average molecular weight is 226 g/mol. The molecule has 0 fully saturated rings. The first-order valence-electron chi connectivity index (χ1n) is 4.99. The molecule has 5 heteroatoms. The molecule has 5 nitrogen and oxygen atoms in total. The molecule has 0 aliphatic rings. The largest absolute Gasteiger partial charge is 0.496 e. The van der Waals surface area contributed by atoms with Crippen molar-refractivity contribution in [2.45, 2.75) is 6.42 Å². The van der Waals surface area contributed by atoms with Crippen molar-refractivity contribution < 1.29 is 14.2 Å². The van der Waals surface area contributed by atoms with E-state index in [0.29, 0.717) is 18.0 Å². The molecular weight excluding hydrogens is 208 g/mol. The van der Waals surface area contributed by atoms with Gasteiger partial charge in [0.1, 0.15) is 5.75 Å². The lowest BCUT2D eigenvalue weighted by molar-refractivity contribution is 0.347. The Morgan fingerprint density at radius 2 is 1.56 bits per heavy atom. The third kappa shape index (κ3) is 2.77. The Hall–Kier alpha value is -1.46. The van der Waals surface area contributed by atoms with Gasteiger partial charge < -0.3 is 14.2 Å². The first kappa shape index (κ1) is 12.6. The van der Waals surface area contributed by atoms with E-state index in [4.69, 9.17) is 20.1 Å². The van der Waals surface area contributed by atoms with E-state index in [1.807, 2.05) is 12.1 Å².